The Kier molecular flexibility index (Phi) is 3.86. The second kappa shape index (κ2) is 5.29. The van der Waals surface area contributed by atoms with Crippen molar-refractivity contribution < 1.29 is 9.53 Å². The van der Waals surface area contributed by atoms with Crippen LogP contribution in [0.5, 0.6) is 0 Å². The first-order valence-electron chi connectivity index (χ1n) is 6.32. The van der Waals surface area contributed by atoms with Crippen LogP contribution in [-0.2, 0) is 4.74 Å². The van der Waals surface area contributed by atoms with E-state index in [4.69, 9.17) is 16.3 Å². The summed E-state index contributed by atoms with van der Waals surface area (Å²) < 4.78 is 5.25. The molecule has 0 unspecified atom stereocenters. The molecular formula is C15H17ClN2O2. The highest BCUT2D eigenvalue weighted by atomic mass is 35.5. The lowest BCUT2D eigenvalue weighted by Gasteiger charge is -2.20. The highest BCUT2D eigenvalue weighted by molar-refractivity contribution is 6.35. The van der Waals surface area contributed by atoms with Crippen LogP contribution in [0.2, 0.25) is 5.02 Å². The number of rotatable bonds is 1. The third-order valence-corrected chi connectivity index (χ3v) is 2.96. The number of amides is 1. The molecule has 0 spiro atoms. The number of hydrogen-bond donors (Lipinski definition) is 1. The number of carbonyl (C=O) groups is 1. The van der Waals surface area contributed by atoms with Gasteiger partial charge in [0.15, 0.2) is 0 Å². The van der Waals surface area contributed by atoms with Crippen molar-refractivity contribution in [3.63, 3.8) is 0 Å². The Labute approximate surface area is 123 Å². The molecule has 1 aromatic heterocycles. The second-order valence-corrected chi connectivity index (χ2v) is 5.98. The summed E-state index contributed by atoms with van der Waals surface area (Å²) >= 11 is 6.23. The van der Waals surface area contributed by atoms with E-state index < -0.39 is 11.7 Å². The smallest absolute Gasteiger partial charge is 0.412 e. The number of pyridine rings is 1. The highest BCUT2D eigenvalue weighted by Crippen LogP contribution is 2.32. The van der Waals surface area contributed by atoms with Crippen LogP contribution in [0.1, 0.15) is 26.3 Å². The third-order valence-electron chi connectivity index (χ3n) is 2.66. The summed E-state index contributed by atoms with van der Waals surface area (Å²) in [6, 6.07) is 5.45. The first-order chi connectivity index (χ1) is 9.28. The number of halogens is 1. The predicted octanol–water partition coefficient (Wildman–Crippen LogP) is 4.54. The largest absolute Gasteiger partial charge is 0.444 e. The summed E-state index contributed by atoms with van der Waals surface area (Å²) in [5.74, 6) is 0. The van der Waals surface area contributed by atoms with Gasteiger partial charge in [-0.2, -0.15) is 0 Å². The quantitative estimate of drug-likeness (QED) is 0.839. The molecule has 1 amide bonds. The number of nitrogens with one attached hydrogen (secondary N) is 1. The van der Waals surface area contributed by atoms with Crippen LogP contribution in [0.25, 0.3) is 10.9 Å². The Morgan fingerprint density at radius 2 is 2.10 bits per heavy atom. The number of benzene rings is 1. The zero-order chi connectivity index (χ0) is 14.9. The van der Waals surface area contributed by atoms with Gasteiger partial charge in [-0.05, 0) is 51.5 Å². The van der Waals surface area contributed by atoms with E-state index in [-0.39, 0.29) is 0 Å². The fraction of sp³-hybridized carbons (Fsp3) is 0.333. The Morgan fingerprint density at radius 3 is 2.75 bits per heavy atom. The van der Waals surface area contributed by atoms with Crippen LogP contribution in [0.4, 0.5) is 10.5 Å². The molecule has 0 saturated carbocycles. The fourth-order valence-corrected chi connectivity index (χ4v) is 2.23. The Balaban J connectivity index is 2.42. The van der Waals surface area contributed by atoms with Gasteiger partial charge in [0.2, 0.25) is 0 Å². The zero-order valence-corrected chi connectivity index (χ0v) is 12.7. The van der Waals surface area contributed by atoms with E-state index >= 15 is 0 Å². The lowest BCUT2D eigenvalue weighted by atomic mass is 10.1. The molecule has 20 heavy (non-hydrogen) atoms. The Bertz CT molecular complexity index is 663. The number of anilines is 1. The van der Waals surface area contributed by atoms with Gasteiger partial charge < -0.3 is 4.74 Å². The molecule has 0 fully saturated rings. The normalized spacial score (nSPS) is 11.4. The van der Waals surface area contributed by atoms with Crippen molar-refractivity contribution in [1.29, 1.82) is 0 Å². The number of aromatic nitrogens is 1. The van der Waals surface area contributed by atoms with E-state index in [2.05, 4.69) is 10.3 Å². The van der Waals surface area contributed by atoms with Crippen LogP contribution in [0.3, 0.4) is 0 Å². The SMILES string of the molecule is Cc1cc(Cl)c(NC(=O)OC(C)(C)C)c2cccnc12. The van der Waals surface area contributed by atoms with Crippen LogP contribution in [-0.4, -0.2) is 16.7 Å². The maximum atomic E-state index is 11.9. The molecule has 4 nitrogen and oxygen atoms in total. The van der Waals surface area contributed by atoms with Gasteiger partial charge in [0.25, 0.3) is 0 Å². The summed E-state index contributed by atoms with van der Waals surface area (Å²) in [6.45, 7) is 7.35. The number of nitrogens with zero attached hydrogens (tertiary/aromatic N) is 1. The van der Waals surface area contributed by atoms with Gasteiger partial charge in [0, 0.05) is 11.6 Å². The second-order valence-electron chi connectivity index (χ2n) is 5.58. The van der Waals surface area contributed by atoms with Crippen molar-refractivity contribution in [2.75, 3.05) is 5.32 Å². The van der Waals surface area contributed by atoms with Crippen LogP contribution < -0.4 is 5.32 Å². The number of ether oxygens (including phenoxy) is 1. The zero-order valence-electron chi connectivity index (χ0n) is 12.0. The first kappa shape index (κ1) is 14.6. The Hall–Kier alpha value is -1.81. The minimum Gasteiger partial charge on any atom is -0.444 e. The van der Waals surface area contributed by atoms with Gasteiger partial charge in [0.05, 0.1) is 16.2 Å². The van der Waals surface area contributed by atoms with E-state index in [1.807, 2.05) is 33.8 Å². The van der Waals surface area contributed by atoms with Crippen molar-refractivity contribution in [2.24, 2.45) is 0 Å². The molecule has 2 aromatic rings. The molecular weight excluding hydrogens is 276 g/mol. The predicted molar refractivity (Wildman–Crippen MR) is 81.3 cm³/mol. The van der Waals surface area contributed by atoms with Gasteiger partial charge in [-0.3, -0.25) is 10.3 Å². The number of carbonyl (C=O) groups excluding carboxylic acids is 1. The van der Waals surface area contributed by atoms with E-state index in [9.17, 15) is 4.79 Å². The summed E-state index contributed by atoms with van der Waals surface area (Å²) in [7, 11) is 0. The van der Waals surface area contributed by atoms with E-state index in [1.165, 1.54) is 0 Å². The molecule has 0 aliphatic heterocycles. The fourth-order valence-electron chi connectivity index (χ4n) is 1.91. The van der Waals surface area contributed by atoms with Gasteiger partial charge in [-0.15, -0.1) is 0 Å². The molecule has 0 aliphatic carbocycles. The average molecular weight is 293 g/mol. The van der Waals surface area contributed by atoms with E-state index in [0.29, 0.717) is 10.7 Å². The molecule has 0 radical (unpaired) electrons. The molecule has 2 rings (SSSR count). The van der Waals surface area contributed by atoms with Crippen molar-refractivity contribution in [3.05, 3.63) is 35.0 Å². The van der Waals surface area contributed by atoms with Gasteiger partial charge in [-0.1, -0.05) is 11.6 Å². The van der Waals surface area contributed by atoms with Crippen LogP contribution in [0.15, 0.2) is 24.4 Å². The number of hydrogen-bond acceptors (Lipinski definition) is 3. The highest BCUT2D eigenvalue weighted by Gasteiger charge is 2.18. The lowest BCUT2D eigenvalue weighted by molar-refractivity contribution is 0.0636. The van der Waals surface area contributed by atoms with Crippen molar-refractivity contribution in [2.45, 2.75) is 33.3 Å². The van der Waals surface area contributed by atoms with Gasteiger partial charge in [-0.25, -0.2) is 4.79 Å². The third kappa shape index (κ3) is 3.20. The summed E-state index contributed by atoms with van der Waals surface area (Å²) in [5, 5.41) is 3.97. The number of fused-ring (bicyclic) bond motifs is 1. The maximum Gasteiger partial charge on any atom is 0.412 e. The number of aryl methyl sites for hydroxylation is 1. The minimum absolute atomic E-state index is 0.467. The molecule has 0 aliphatic rings. The molecule has 5 heteroatoms. The summed E-state index contributed by atoms with van der Waals surface area (Å²) in [5.41, 5.74) is 1.73. The maximum absolute atomic E-state index is 11.9. The minimum atomic E-state index is -0.560. The Morgan fingerprint density at radius 1 is 1.40 bits per heavy atom. The summed E-state index contributed by atoms with van der Waals surface area (Å²) in [4.78, 5) is 16.2. The van der Waals surface area contributed by atoms with Crippen molar-refractivity contribution >= 4 is 34.3 Å². The molecule has 106 valence electrons. The van der Waals surface area contributed by atoms with Gasteiger partial charge in [0.1, 0.15) is 5.60 Å². The molecule has 1 aromatic carbocycles. The molecule has 1 heterocycles. The average Bonchev–Trinajstić information content (AvgIpc) is 2.32. The van der Waals surface area contributed by atoms with Crippen LogP contribution in [0, 0.1) is 6.92 Å². The van der Waals surface area contributed by atoms with Gasteiger partial charge >= 0.3 is 6.09 Å². The van der Waals surface area contributed by atoms with E-state index in [1.54, 1.807) is 18.3 Å². The lowest BCUT2D eigenvalue weighted by Crippen LogP contribution is -2.27. The topological polar surface area (TPSA) is 51.2 Å². The van der Waals surface area contributed by atoms with E-state index in [0.717, 1.165) is 16.5 Å². The van der Waals surface area contributed by atoms with Crippen LogP contribution >= 0.6 is 11.6 Å². The molecule has 0 saturated heterocycles. The standard InChI is InChI=1S/C15H17ClN2O2/c1-9-8-11(16)13(10-6-5-7-17-12(9)10)18-14(19)20-15(2,3)4/h5-8H,1-4H3,(H,18,19). The van der Waals surface area contributed by atoms with Crippen molar-refractivity contribution in [1.82, 2.24) is 4.98 Å². The molecule has 0 atom stereocenters. The monoisotopic (exact) mass is 292 g/mol. The van der Waals surface area contributed by atoms with Crippen molar-refractivity contribution in [3.8, 4) is 0 Å². The first-order valence-corrected chi connectivity index (χ1v) is 6.69. The summed E-state index contributed by atoms with van der Waals surface area (Å²) in [6.07, 6.45) is 1.17. The molecule has 1 N–H and O–H groups in total. The molecule has 0 bridgehead atoms.